The van der Waals surface area contributed by atoms with E-state index in [0.29, 0.717) is 5.57 Å². The van der Waals surface area contributed by atoms with Crippen LogP contribution in [-0.2, 0) is 14.3 Å². The van der Waals surface area contributed by atoms with Crippen molar-refractivity contribution in [3.63, 3.8) is 0 Å². The van der Waals surface area contributed by atoms with Crippen LogP contribution < -0.4 is 5.32 Å². The molecule has 2 aliphatic rings. The number of Topliss-reactive ketones (excluding diaryl/α,β-unsaturated/α-hetero) is 1. The summed E-state index contributed by atoms with van der Waals surface area (Å²) in [6, 6.07) is 8.09. The molecule has 1 N–H and O–H groups in total. The number of esters is 1. The van der Waals surface area contributed by atoms with Crippen molar-refractivity contribution in [1.82, 2.24) is 10.2 Å². The molecule has 1 unspecified atom stereocenters. The Bertz CT molecular complexity index is 692. The largest absolute Gasteiger partial charge is 0.464 e. The highest BCUT2D eigenvalue weighted by molar-refractivity contribution is 6.09. The Balaban J connectivity index is 2.16. The number of ketones is 1. The Labute approximate surface area is 134 Å². The van der Waals surface area contributed by atoms with Crippen molar-refractivity contribution in [2.24, 2.45) is 5.92 Å². The third-order valence-electron chi connectivity index (χ3n) is 4.18. The third-order valence-corrected chi connectivity index (χ3v) is 4.18. The van der Waals surface area contributed by atoms with Crippen LogP contribution in [0.2, 0.25) is 0 Å². The Kier molecular flexibility index (Phi) is 3.90. The van der Waals surface area contributed by atoms with Crippen LogP contribution in [-0.4, -0.2) is 36.8 Å². The van der Waals surface area contributed by atoms with Crippen molar-refractivity contribution in [2.45, 2.75) is 18.9 Å². The number of carbonyl (C=O) groups is 3. The molecule has 0 bridgehead atoms. The molecule has 0 radical (unpaired) electrons. The van der Waals surface area contributed by atoms with Gasteiger partial charge in [-0.2, -0.15) is 0 Å². The summed E-state index contributed by atoms with van der Waals surface area (Å²) in [5, 5.41) is 2.81. The predicted molar refractivity (Wildman–Crippen MR) is 82.3 cm³/mol. The second-order valence-electron chi connectivity index (χ2n) is 5.74. The smallest absolute Gasteiger partial charge is 0.355 e. The summed E-state index contributed by atoms with van der Waals surface area (Å²) < 4.78 is 4.80. The van der Waals surface area contributed by atoms with Gasteiger partial charge in [-0.3, -0.25) is 9.69 Å². The molecule has 0 spiro atoms. The van der Waals surface area contributed by atoms with Crippen LogP contribution in [0.3, 0.4) is 0 Å². The van der Waals surface area contributed by atoms with Crippen molar-refractivity contribution in [1.29, 1.82) is 0 Å². The highest BCUT2D eigenvalue weighted by atomic mass is 16.5. The van der Waals surface area contributed by atoms with Crippen LogP contribution in [0.1, 0.15) is 24.4 Å². The quantitative estimate of drug-likeness (QED) is 0.860. The molecule has 1 atom stereocenters. The molecular formula is C17H18N2O4. The van der Waals surface area contributed by atoms with Gasteiger partial charge < -0.3 is 10.1 Å². The van der Waals surface area contributed by atoms with E-state index in [2.05, 4.69) is 5.32 Å². The van der Waals surface area contributed by atoms with Gasteiger partial charge in [0.25, 0.3) is 0 Å². The lowest BCUT2D eigenvalue weighted by atomic mass is 9.90. The monoisotopic (exact) mass is 314 g/mol. The molecule has 1 aromatic rings. The maximum Gasteiger partial charge on any atom is 0.355 e. The minimum Gasteiger partial charge on any atom is -0.464 e. The van der Waals surface area contributed by atoms with Crippen molar-refractivity contribution >= 4 is 17.8 Å². The summed E-state index contributed by atoms with van der Waals surface area (Å²) in [6.07, 6.45) is 1.63. The number of carbonyl (C=O) groups excluding carboxylic acids is 3. The molecule has 6 nitrogen and oxygen atoms in total. The van der Waals surface area contributed by atoms with E-state index in [4.69, 9.17) is 4.74 Å². The number of likely N-dealkylation sites (N-methyl/N-ethyl adjacent to an activating group) is 1. The average molecular weight is 314 g/mol. The summed E-state index contributed by atoms with van der Waals surface area (Å²) >= 11 is 0. The molecule has 1 saturated carbocycles. The molecule has 1 aliphatic carbocycles. The average Bonchev–Trinajstić information content (AvgIpc) is 3.41. The van der Waals surface area contributed by atoms with E-state index < -0.39 is 18.0 Å². The molecule has 1 aromatic carbocycles. The van der Waals surface area contributed by atoms with Crippen LogP contribution in [0.4, 0.5) is 4.79 Å². The number of hydrogen-bond donors (Lipinski definition) is 1. The van der Waals surface area contributed by atoms with Crippen LogP contribution >= 0.6 is 0 Å². The molecule has 1 aliphatic heterocycles. The fraction of sp³-hybridized carbons (Fsp3) is 0.353. The van der Waals surface area contributed by atoms with E-state index in [-0.39, 0.29) is 17.4 Å². The standard InChI is InChI=1S/C17H18N2O4/c1-19-14(16(21)23-2)12(15(20)11-8-9-11)13(18-17(19)22)10-6-4-3-5-7-10/h3-7,11,13H,8-9H2,1-2H3,(H,18,22). The van der Waals surface area contributed by atoms with Gasteiger partial charge in [0, 0.05) is 13.0 Å². The van der Waals surface area contributed by atoms with Gasteiger partial charge in [0.15, 0.2) is 5.78 Å². The zero-order valence-corrected chi connectivity index (χ0v) is 13.0. The van der Waals surface area contributed by atoms with Gasteiger partial charge in [0.1, 0.15) is 5.70 Å². The van der Waals surface area contributed by atoms with Gasteiger partial charge in [-0.05, 0) is 18.4 Å². The van der Waals surface area contributed by atoms with Gasteiger partial charge in [0.2, 0.25) is 0 Å². The molecule has 1 heterocycles. The van der Waals surface area contributed by atoms with Crippen LogP contribution in [0.25, 0.3) is 0 Å². The first kappa shape index (κ1) is 15.3. The molecule has 120 valence electrons. The van der Waals surface area contributed by atoms with Gasteiger partial charge >= 0.3 is 12.0 Å². The zero-order chi connectivity index (χ0) is 16.6. The molecule has 0 saturated heterocycles. The first-order valence-electron chi connectivity index (χ1n) is 7.50. The minimum absolute atomic E-state index is 0.0296. The zero-order valence-electron chi connectivity index (χ0n) is 13.0. The van der Waals surface area contributed by atoms with Gasteiger partial charge in [-0.1, -0.05) is 30.3 Å². The maximum absolute atomic E-state index is 12.8. The first-order valence-corrected chi connectivity index (χ1v) is 7.50. The number of nitrogens with zero attached hydrogens (tertiary/aromatic N) is 1. The second-order valence-corrected chi connectivity index (χ2v) is 5.74. The van der Waals surface area contributed by atoms with E-state index in [1.54, 1.807) is 0 Å². The summed E-state index contributed by atoms with van der Waals surface area (Å²) in [7, 11) is 2.70. The fourth-order valence-corrected chi connectivity index (χ4v) is 2.77. The first-order chi connectivity index (χ1) is 11.0. The topological polar surface area (TPSA) is 75.7 Å². The van der Waals surface area contributed by atoms with Crippen molar-refractivity contribution in [3.8, 4) is 0 Å². The van der Waals surface area contributed by atoms with Crippen molar-refractivity contribution < 1.29 is 19.1 Å². The Morgan fingerprint density at radius 3 is 2.43 bits per heavy atom. The predicted octanol–water partition coefficient (Wildman–Crippen LogP) is 1.79. The lowest BCUT2D eigenvalue weighted by Crippen LogP contribution is -2.48. The number of hydrogen-bond acceptors (Lipinski definition) is 4. The van der Waals surface area contributed by atoms with E-state index in [0.717, 1.165) is 23.3 Å². The number of ether oxygens (including phenoxy) is 1. The molecule has 2 amide bonds. The molecule has 23 heavy (non-hydrogen) atoms. The third kappa shape index (κ3) is 2.72. The molecule has 6 heteroatoms. The Hall–Kier alpha value is -2.63. The Morgan fingerprint density at radius 2 is 1.87 bits per heavy atom. The van der Waals surface area contributed by atoms with Gasteiger partial charge in [-0.25, -0.2) is 9.59 Å². The van der Waals surface area contributed by atoms with Gasteiger partial charge in [0.05, 0.1) is 18.7 Å². The van der Waals surface area contributed by atoms with Crippen molar-refractivity contribution in [2.75, 3.05) is 14.2 Å². The van der Waals surface area contributed by atoms with Crippen LogP contribution in [0.5, 0.6) is 0 Å². The number of nitrogens with one attached hydrogen (secondary N) is 1. The summed E-state index contributed by atoms with van der Waals surface area (Å²) in [5.74, 6) is -0.836. The number of methoxy groups -OCH3 is 1. The number of benzene rings is 1. The fourth-order valence-electron chi connectivity index (χ4n) is 2.77. The Morgan fingerprint density at radius 1 is 1.22 bits per heavy atom. The highest BCUT2D eigenvalue weighted by Gasteiger charge is 2.43. The van der Waals surface area contributed by atoms with Crippen molar-refractivity contribution in [3.05, 3.63) is 47.2 Å². The van der Waals surface area contributed by atoms with E-state index in [1.807, 2.05) is 30.3 Å². The number of amides is 2. The SMILES string of the molecule is COC(=O)C1=C(C(=O)C2CC2)C(c2ccccc2)NC(=O)N1C. The number of urea groups is 1. The van der Waals surface area contributed by atoms with Crippen LogP contribution in [0.15, 0.2) is 41.6 Å². The lowest BCUT2D eigenvalue weighted by Gasteiger charge is -2.33. The maximum atomic E-state index is 12.8. The van der Waals surface area contributed by atoms with Crippen LogP contribution in [0, 0.1) is 5.92 Å². The van der Waals surface area contributed by atoms with E-state index in [9.17, 15) is 14.4 Å². The normalized spacial score (nSPS) is 21.0. The molecule has 3 rings (SSSR count). The second kappa shape index (κ2) is 5.87. The molecule has 0 aromatic heterocycles. The lowest BCUT2D eigenvalue weighted by molar-refractivity contribution is -0.138. The number of rotatable bonds is 4. The minimum atomic E-state index is -0.674. The van der Waals surface area contributed by atoms with E-state index in [1.165, 1.54) is 14.2 Å². The van der Waals surface area contributed by atoms with Gasteiger partial charge in [-0.15, -0.1) is 0 Å². The molecular weight excluding hydrogens is 296 g/mol. The summed E-state index contributed by atoms with van der Waals surface area (Å²) in [5.41, 5.74) is 1.11. The molecule has 1 fully saturated rings. The highest BCUT2D eigenvalue weighted by Crippen LogP contribution is 2.39. The van der Waals surface area contributed by atoms with E-state index >= 15 is 0 Å². The summed E-state index contributed by atoms with van der Waals surface area (Å²) in [4.78, 5) is 38.4. The summed E-state index contributed by atoms with van der Waals surface area (Å²) in [6.45, 7) is 0.